The summed E-state index contributed by atoms with van der Waals surface area (Å²) < 4.78 is 7.23. The van der Waals surface area contributed by atoms with E-state index in [1.54, 1.807) is 7.11 Å². The Morgan fingerprint density at radius 3 is 2.50 bits per heavy atom. The van der Waals surface area contributed by atoms with Gasteiger partial charge in [-0.25, -0.2) is 0 Å². The fraction of sp³-hybridized carbons (Fsp3) is 0.357. The molecular weight excluding hydrogens is 226 g/mol. The molecule has 1 aromatic heterocycles. The topological polar surface area (TPSA) is 39.1 Å². The average molecular weight is 245 g/mol. The van der Waals surface area contributed by atoms with Gasteiger partial charge in [0.2, 0.25) is 0 Å². The fourth-order valence-electron chi connectivity index (χ4n) is 2.14. The van der Waals surface area contributed by atoms with Crippen molar-refractivity contribution in [3.8, 4) is 17.0 Å². The molecule has 0 saturated heterocycles. The lowest BCUT2D eigenvalue weighted by Gasteiger charge is -2.12. The molecule has 0 aliphatic carbocycles. The van der Waals surface area contributed by atoms with Crippen molar-refractivity contribution in [3.63, 3.8) is 0 Å². The number of nitrogens with one attached hydrogen (secondary N) is 1. The number of anilines is 1. The number of hydrogen-bond acceptors (Lipinski definition) is 3. The van der Waals surface area contributed by atoms with Crippen molar-refractivity contribution in [1.82, 2.24) is 9.78 Å². The maximum absolute atomic E-state index is 5.34. The van der Waals surface area contributed by atoms with Crippen LogP contribution >= 0.6 is 0 Å². The number of hydrogen-bond donors (Lipinski definition) is 1. The SMILES string of the molecule is CNc1cc(-c2ccc(OC)c(C)c2C)n(C)n1. The van der Waals surface area contributed by atoms with Crippen molar-refractivity contribution in [2.24, 2.45) is 7.05 Å². The highest BCUT2D eigenvalue weighted by Crippen LogP contribution is 2.31. The summed E-state index contributed by atoms with van der Waals surface area (Å²) in [5.74, 6) is 1.80. The summed E-state index contributed by atoms with van der Waals surface area (Å²) in [6.45, 7) is 4.19. The van der Waals surface area contributed by atoms with Gasteiger partial charge in [0.05, 0.1) is 12.8 Å². The smallest absolute Gasteiger partial charge is 0.148 e. The number of ether oxygens (including phenoxy) is 1. The quantitative estimate of drug-likeness (QED) is 0.903. The van der Waals surface area contributed by atoms with E-state index in [0.717, 1.165) is 17.3 Å². The average Bonchev–Trinajstić information content (AvgIpc) is 2.74. The van der Waals surface area contributed by atoms with Gasteiger partial charge in [-0.15, -0.1) is 0 Å². The number of aromatic nitrogens is 2. The number of rotatable bonds is 3. The molecule has 0 atom stereocenters. The Balaban J connectivity index is 2.57. The minimum absolute atomic E-state index is 0.875. The Morgan fingerprint density at radius 2 is 1.94 bits per heavy atom. The molecule has 4 heteroatoms. The summed E-state index contributed by atoms with van der Waals surface area (Å²) in [7, 11) is 5.53. The van der Waals surface area contributed by atoms with Gasteiger partial charge in [-0.1, -0.05) is 0 Å². The van der Waals surface area contributed by atoms with E-state index in [2.05, 4.69) is 30.3 Å². The lowest BCUT2D eigenvalue weighted by atomic mass is 10.00. The molecule has 1 heterocycles. The van der Waals surface area contributed by atoms with E-state index in [1.807, 2.05) is 30.9 Å². The monoisotopic (exact) mass is 245 g/mol. The van der Waals surface area contributed by atoms with Crippen molar-refractivity contribution in [3.05, 3.63) is 29.3 Å². The molecule has 0 bridgehead atoms. The van der Waals surface area contributed by atoms with Crippen LogP contribution in [0.25, 0.3) is 11.3 Å². The van der Waals surface area contributed by atoms with E-state index in [9.17, 15) is 0 Å². The van der Waals surface area contributed by atoms with Crippen LogP contribution in [0.1, 0.15) is 11.1 Å². The highest BCUT2D eigenvalue weighted by molar-refractivity contribution is 5.69. The van der Waals surface area contributed by atoms with Crippen LogP contribution in [0.3, 0.4) is 0 Å². The van der Waals surface area contributed by atoms with E-state index in [1.165, 1.54) is 16.7 Å². The normalized spacial score (nSPS) is 10.5. The first-order valence-electron chi connectivity index (χ1n) is 5.94. The Bertz CT molecular complexity index is 573. The van der Waals surface area contributed by atoms with Crippen LogP contribution in [0.4, 0.5) is 5.82 Å². The zero-order valence-electron chi connectivity index (χ0n) is 11.5. The maximum Gasteiger partial charge on any atom is 0.148 e. The fourth-order valence-corrected chi connectivity index (χ4v) is 2.14. The van der Waals surface area contributed by atoms with Gasteiger partial charge in [-0.05, 0) is 37.1 Å². The summed E-state index contributed by atoms with van der Waals surface area (Å²) in [5.41, 5.74) is 4.68. The molecule has 0 unspecified atom stereocenters. The van der Waals surface area contributed by atoms with Gasteiger partial charge >= 0.3 is 0 Å². The molecule has 96 valence electrons. The maximum atomic E-state index is 5.34. The summed E-state index contributed by atoms with van der Waals surface area (Å²) in [5, 5.41) is 7.45. The van der Waals surface area contributed by atoms with E-state index < -0.39 is 0 Å². The molecule has 0 spiro atoms. The minimum Gasteiger partial charge on any atom is -0.496 e. The number of benzene rings is 1. The van der Waals surface area contributed by atoms with Crippen molar-refractivity contribution in [2.75, 3.05) is 19.5 Å². The first-order valence-corrected chi connectivity index (χ1v) is 5.94. The van der Waals surface area contributed by atoms with Crippen LogP contribution in [0.15, 0.2) is 18.2 Å². The second kappa shape index (κ2) is 4.72. The molecule has 0 saturated carbocycles. The molecule has 0 aliphatic rings. The Hall–Kier alpha value is -1.97. The van der Waals surface area contributed by atoms with E-state index in [-0.39, 0.29) is 0 Å². The third kappa shape index (κ3) is 1.94. The number of nitrogens with zero attached hydrogens (tertiary/aromatic N) is 2. The first-order chi connectivity index (χ1) is 8.58. The van der Waals surface area contributed by atoms with Gasteiger partial charge in [-0.2, -0.15) is 5.10 Å². The summed E-state index contributed by atoms with van der Waals surface area (Å²) in [4.78, 5) is 0. The third-order valence-electron chi connectivity index (χ3n) is 3.37. The standard InChI is InChI=1S/C14H19N3O/c1-9-10(2)13(18-5)7-6-11(9)12-8-14(15-3)16-17(12)4/h6-8H,1-5H3,(H,15,16). The highest BCUT2D eigenvalue weighted by atomic mass is 16.5. The van der Waals surface area contributed by atoms with Crippen molar-refractivity contribution >= 4 is 5.82 Å². The van der Waals surface area contributed by atoms with Gasteiger partial charge in [0.1, 0.15) is 11.6 Å². The molecule has 2 rings (SSSR count). The Kier molecular flexibility index (Phi) is 3.28. The van der Waals surface area contributed by atoms with Gasteiger partial charge in [-0.3, -0.25) is 4.68 Å². The molecule has 0 amide bonds. The number of methoxy groups -OCH3 is 1. The summed E-state index contributed by atoms with van der Waals surface area (Å²) in [6.07, 6.45) is 0. The van der Waals surface area contributed by atoms with Crippen LogP contribution in [-0.2, 0) is 7.05 Å². The van der Waals surface area contributed by atoms with E-state index in [0.29, 0.717) is 0 Å². The van der Waals surface area contributed by atoms with E-state index >= 15 is 0 Å². The predicted molar refractivity (Wildman–Crippen MR) is 74.2 cm³/mol. The van der Waals surface area contributed by atoms with Gasteiger partial charge in [0, 0.05) is 25.7 Å². The second-order valence-electron chi connectivity index (χ2n) is 4.35. The Morgan fingerprint density at radius 1 is 1.22 bits per heavy atom. The van der Waals surface area contributed by atoms with E-state index in [4.69, 9.17) is 4.74 Å². The third-order valence-corrected chi connectivity index (χ3v) is 3.37. The summed E-state index contributed by atoms with van der Waals surface area (Å²) >= 11 is 0. The predicted octanol–water partition coefficient (Wildman–Crippen LogP) is 2.75. The molecule has 18 heavy (non-hydrogen) atoms. The molecule has 0 fully saturated rings. The minimum atomic E-state index is 0.875. The van der Waals surface area contributed by atoms with Gasteiger partial charge < -0.3 is 10.1 Å². The van der Waals surface area contributed by atoms with Crippen LogP contribution in [0.5, 0.6) is 5.75 Å². The second-order valence-corrected chi connectivity index (χ2v) is 4.35. The molecule has 1 N–H and O–H groups in total. The molecule has 1 aromatic carbocycles. The van der Waals surface area contributed by atoms with Crippen molar-refractivity contribution < 1.29 is 4.74 Å². The van der Waals surface area contributed by atoms with Crippen molar-refractivity contribution in [2.45, 2.75) is 13.8 Å². The molecule has 2 aromatic rings. The lowest BCUT2D eigenvalue weighted by molar-refractivity contribution is 0.411. The number of aryl methyl sites for hydroxylation is 1. The van der Waals surface area contributed by atoms with Crippen LogP contribution in [0, 0.1) is 13.8 Å². The molecule has 0 aliphatic heterocycles. The lowest BCUT2D eigenvalue weighted by Crippen LogP contribution is -1.98. The summed E-state index contributed by atoms with van der Waals surface area (Å²) in [6, 6.07) is 6.13. The van der Waals surface area contributed by atoms with Gasteiger partial charge in [0.25, 0.3) is 0 Å². The van der Waals surface area contributed by atoms with Crippen LogP contribution < -0.4 is 10.1 Å². The largest absolute Gasteiger partial charge is 0.496 e. The zero-order chi connectivity index (χ0) is 13.3. The van der Waals surface area contributed by atoms with Crippen molar-refractivity contribution in [1.29, 1.82) is 0 Å². The first kappa shape index (κ1) is 12.5. The Labute approximate surface area is 108 Å². The van der Waals surface area contributed by atoms with Crippen LogP contribution in [-0.4, -0.2) is 23.9 Å². The molecule has 4 nitrogen and oxygen atoms in total. The van der Waals surface area contributed by atoms with Crippen LogP contribution in [0.2, 0.25) is 0 Å². The van der Waals surface area contributed by atoms with Gasteiger partial charge in [0.15, 0.2) is 0 Å². The highest BCUT2D eigenvalue weighted by Gasteiger charge is 2.12. The zero-order valence-corrected chi connectivity index (χ0v) is 11.5. The molecular formula is C14H19N3O. The molecule has 0 radical (unpaired) electrons.